The Labute approximate surface area is 142 Å². The van der Waals surface area contributed by atoms with Crippen LogP contribution in [0, 0.1) is 0 Å². The molecule has 1 heterocycles. The van der Waals surface area contributed by atoms with Gasteiger partial charge in [-0.05, 0) is 24.7 Å². The first-order valence-electron chi connectivity index (χ1n) is 7.19. The van der Waals surface area contributed by atoms with Gasteiger partial charge in [0.25, 0.3) is 0 Å². The van der Waals surface area contributed by atoms with Gasteiger partial charge in [0.2, 0.25) is 5.76 Å². The number of esters is 1. The van der Waals surface area contributed by atoms with Gasteiger partial charge in [0.1, 0.15) is 6.10 Å². The lowest BCUT2D eigenvalue weighted by Gasteiger charge is -2.13. The van der Waals surface area contributed by atoms with Gasteiger partial charge in [-0.2, -0.15) is 0 Å². The number of rotatable bonds is 5. The Kier molecular flexibility index (Phi) is 7.45. The molecule has 0 spiro atoms. The molecular formula is C15H21NO9. The lowest BCUT2D eigenvalue weighted by molar-refractivity contribution is -0.147. The van der Waals surface area contributed by atoms with E-state index in [0.717, 1.165) is 0 Å². The molecule has 140 valence electrons. The summed E-state index contributed by atoms with van der Waals surface area (Å²) < 4.78 is 4.32. The van der Waals surface area contributed by atoms with Crippen molar-refractivity contribution < 1.29 is 45.3 Å². The smallest absolute Gasteiger partial charge is 0.377 e. The van der Waals surface area contributed by atoms with Gasteiger partial charge in [-0.25, -0.2) is 4.79 Å². The fourth-order valence-corrected chi connectivity index (χ4v) is 1.88. The molecule has 0 fully saturated rings. The van der Waals surface area contributed by atoms with E-state index in [4.69, 9.17) is 30.6 Å². The molecule has 0 saturated heterocycles. The van der Waals surface area contributed by atoms with Gasteiger partial charge >= 0.3 is 5.97 Å². The number of likely N-dealkylation sites (N-methyl/N-ethyl adjacent to an activating group) is 1. The molecule has 0 bridgehead atoms. The average molecular weight is 359 g/mol. The number of aliphatic hydroxyl groups excluding tert-OH is 5. The van der Waals surface area contributed by atoms with Crippen LogP contribution in [0.1, 0.15) is 11.7 Å². The molecule has 1 aromatic carbocycles. The molecule has 10 heteroatoms. The summed E-state index contributed by atoms with van der Waals surface area (Å²) in [5.41, 5.74) is 0.574. The third-order valence-corrected chi connectivity index (χ3v) is 3.26. The largest absolute Gasteiger partial charge is 0.505 e. The first kappa shape index (κ1) is 20.5. The van der Waals surface area contributed by atoms with Crippen molar-refractivity contribution in [1.82, 2.24) is 5.32 Å². The second kappa shape index (κ2) is 9.08. The first-order chi connectivity index (χ1) is 11.7. The summed E-state index contributed by atoms with van der Waals surface area (Å²) in [4.78, 5) is 10.5. The SMILES string of the molecule is CNC[C@H](O)c1ccc(O)c(O)c1.O=C1O[C@H]([C@@H](O)CO)C(O)=C1O. The van der Waals surface area contributed by atoms with Crippen LogP contribution in [0.5, 0.6) is 11.5 Å². The summed E-state index contributed by atoms with van der Waals surface area (Å²) in [5.74, 6) is -3.17. The van der Waals surface area contributed by atoms with E-state index in [-0.39, 0.29) is 11.5 Å². The Balaban J connectivity index is 0.000000251. The zero-order valence-electron chi connectivity index (χ0n) is 13.3. The number of nitrogens with one attached hydrogen (secondary N) is 1. The number of aliphatic hydroxyl groups is 5. The minimum absolute atomic E-state index is 0.180. The van der Waals surface area contributed by atoms with Crippen LogP contribution >= 0.6 is 0 Å². The standard InChI is InChI=1S/C9H13NO3.C6H8O6/c1-10-5-9(13)6-2-3-7(11)8(12)4-6;7-1-2(8)5-3(9)4(10)6(11)12-5/h2-4,9-13H,5H2,1H3;2,5,7-10H,1H2/t9-;2-,5+/m00/s1. The minimum Gasteiger partial charge on any atom is -0.505 e. The highest BCUT2D eigenvalue weighted by molar-refractivity contribution is 5.89. The molecule has 8 N–H and O–H groups in total. The van der Waals surface area contributed by atoms with Gasteiger partial charge in [0.15, 0.2) is 23.4 Å². The number of carbonyl (C=O) groups excluding carboxylic acids is 1. The number of phenolic OH excluding ortho intramolecular Hbond substituents is 2. The van der Waals surface area contributed by atoms with Crippen LogP contribution in [0.3, 0.4) is 0 Å². The van der Waals surface area contributed by atoms with Crippen LogP contribution in [0.2, 0.25) is 0 Å². The normalized spacial score (nSPS) is 19.0. The summed E-state index contributed by atoms with van der Waals surface area (Å²) in [5, 5.41) is 65.5. The predicted molar refractivity (Wildman–Crippen MR) is 83.9 cm³/mol. The Morgan fingerprint density at radius 1 is 1.16 bits per heavy atom. The van der Waals surface area contributed by atoms with E-state index in [0.29, 0.717) is 12.1 Å². The third kappa shape index (κ3) is 5.22. The molecule has 0 unspecified atom stereocenters. The fraction of sp³-hybridized carbons (Fsp3) is 0.400. The van der Waals surface area contributed by atoms with Crippen LogP contribution in [0.4, 0.5) is 0 Å². The van der Waals surface area contributed by atoms with Crippen molar-refractivity contribution in [2.75, 3.05) is 20.2 Å². The number of cyclic esters (lactones) is 1. The third-order valence-electron chi connectivity index (χ3n) is 3.26. The lowest BCUT2D eigenvalue weighted by Crippen LogP contribution is -2.31. The first-order valence-corrected chi connectivity index (χ1v) is 7.19. The van der Waals surface area contributed by atoms with Crippen LogP contribution in [-0.2, 0) is 9.53 Å². The second-order valence-corrected chi connectivity index (χ2v) is 5.13. The Hall–Kier alpha value is -2.53. The van der Waals surface area contributed by atoms with E-state index in [9.17, 15) is 9.90 Å². The van der Waals surface area contributed by atoms with Crippen LogP contribution in [-0.4, -0.2) is 74.1 Å². The molecule has 0 amide bonds. The highest BCUT2D eigenvalue weighted by Crippen LogP contribution is 2.27. The van der Waals surface area contributed by atoms with E-state index >= 15 is 0 Å². The number of phenols is 2. The molecule has 1 aliphatic heterocycles. The highest BCUT2D eigenvalue weighted by atomic mass is 16.6. The molecule has 10 nitrogen and oxygen atoms in total. The molecule has 0 aliphatic carbocycles. The van der Waals surface area contributed by atoms with Crippen molar-refractivity contribution in [2.45, 2.75) is 18.3 Å². The maximum atomic E-state index is 10.5. The zero-order valence-corrected chi connectivity index (χ0v) is 13.3. The monoisotopic (exact) mass is 359 g/mol. The Morgan fingerprint density at radius 2 is 1.80 bits per heavy atom. The fourth-order valence-electron chi connectivity index (χ4n) is 1.88. The summed E-state index contributed by atoms with van der Waals surface area (Å²) in [6.45, 7) is -0.264. The van der Waals surface area contributed by atoms with Crippen molar-refractivity contribution in [2.24, 2.45) is 0 Å². The molecule has 3 atom stereocenters. The predicted octanol–water partition coefficient (Wildman–Crippen LogP) is -1.06. The van der Waals surface area contributed by atoms with Crippen molar-refractivity contribution in [3.63, 3.8) is 0 Å². The van der Waals surface area contributed by atoms with E-state index in [1.165, 1.54) is 12.1 Å². The molecule has 1 aromatic rings. The quantitative estimate of drug-likeness (QED) is 0.238. The molecule has 0 radical (unpaired) electrons. The lowest BCUT2D eigenvalue weighted by atomic mass is 10.1. The number of aromatic hydroxyl groups is 2. The molecule has 2 rings (SSSR count). The summed E-state index contributed by atoms with van der Waals surface area (Å²) in [7, 11) is 1.73. The van der Waals surface area contributed by atoms with Crippen molar-refractivity contribution in [3.05, 3.63) is 35.3 Å². The number of hydrogen-bond acceptors (Lipinski definition) is 10. The molecule has 1 aliphatic rings. The summed E-state index contributed by atoms with van der Waals surface area (Å²) >= 11 is 0. The van der Waals surface area contributed by atoms with E-state index in [2.05, 4.69) is 10.1 Å². The van der Waals surface area contributed by atoms with E-state index < -0.39 is 42.4 Å². The Morgan fingerprint density at radius 3 is 2.24 bits per heavy atom. The molecule has 0 aromatic heterocycles. The zero-order chi connectivity index (χ0) is 19.1. The number of ether oxygens (including phenoxy) is 1. The van der Waals surface area contributed by atoms with Gasteiger partial charge < -0.3 is 45.8 Å². The van der Waals surface area contributed by atoms with Crippen LogP contribution < -0.4 is 5.32 Å². The van der Waals surface area contributed by atoms with Crippen molar-refractivity contribution in [1.29, 1.82) is 0 Å². The highest BCUT2D eigenvalue weighted by Gasteiger charge is 2.38. The van der Waals surface area contributed by atoms with E-state index in [1.807, 2.05) is 0 Å². The van der Waals surface area contributed by atoms with Crippen molar-refractivity contribution >= 4 is 5.97 Å². The minimum atomic E-state index is -1.42. The van der Waals surface area contributed by atoms with Gasteiger partial charge in [-0.3, -0.25) is 0 Å². The molecular weight excluding hydrogens is 338 g/mol. The molecule has 25 heavy (non-hydrogen) atoms. The number of hydrogen-bond donors (Lipinski definition) is 8. The van der Waals surface area contributed by atoms with Gasteiger partial charge in [0, 0.05) is 6.54 Å². The Bertz CT molecular complexity index is 631. The summed E-state index contributed by atoms with van der Waals surface area (Å²) in [6, 6.07) is 4.26. The number of benzene rings is 1. The van der Waals surface area contributed by atoms with Crippen LogP contribution in [0.25, 0.3) is 0 Å². The number of carbonyl (C=O) groups is 1. The average Bonchev–Trinajstić information content (AvgIpc) is 2.85. The second-order valence-electron chi connectivity index (χ2n) is 5.13. The van der Waals surface area contributed by atoms with Gasteiger partial charge in [0.05, 0.1) is 12.7 Å². The van der Waals surface area contributed by atoms with Crippen molar-refractivity contribution in [3.8, 4) is 11.5 Å². The van der Waals surface area contributed by atoms with Gasteiger partial charge in [-0.15, -0.1) is 0 Å². The van der Waals surface area contributed by atoms with E-state index in [1.54, 1.807) is 13.1 Å². The topological polar surface area (TPSA) is 180 Å². The van der Waals surface area contributed by atoms with Gasteiger partial charge in [-0.1, -0.05) is 6.07 Å². The maximum Gasteiger partial charge on any atom is 0.377 e. The molecule has 0 saturated carbocycles. The van der Waals surface area contributed by atoms with Crippen LogP contribution in [0.15, 0.2) is 29.7 Å². The maximum absolute atomic E-state index is 10.5. The summed E-state index contributed by atoms with van der Waals surface area (Å²) in [6.07, 6.45) is -3.45.